The van der Waals surface area contributed by atoms with Crippen LogP contribution in [0.15, 0.2) is 39.3 Å². The Hall–Kier alpha value is -1.67. The largest absolute Gasteiger partial charge is 0.431 e. The topological polar surface area (TPSA) is 168 Å². The first-order valence-electron chi connectivity index (χ1n) is 18.6. The molecule has 11 heteroatoms. The van der Waals surface area contributed by atoms with Crippen LogP contribution in [-0.4, -0.2) is 92.5 Å². The number of aliphatic hydroxyl groups excluding tert-OH is 4. The molecule has 0 radical (unpaired) electrons. The van der Waals surface area contributed by atoms with Crippen molar-refractivity contribution in [2.45, 2.75) is 165 Å². The van der Waals surface area contributed by atoms with Crippen LogP contribution in [0.4, 0.5) is 0 Å². The SMILES string of the molecule is CCC1OC(OC2C(C)C(C)OC(OC3C=C4CCC5C(CCC6(C)C(c7ccc(=O)oc7)CCC56O)C4(C)CC3)C2O)C(O)C(O)C1O. The molecule has 0 aromatic carbocycles. The molecule has 3 saturated carbocycles. The molecular formula is C38H56O11. The van der Waals surface area contributed by atoms with Crippen molar-refractivity contribution in [3.63, 3.8) is 0 Å². The Morgan fingerprint density at radius 1 is 0.857 bits per heavy atom. The summed E-state index contributed by atoms with van der Waals surface area (Å²) in [5.74, 6) is 0.405. The third kappa shape index (κ3) is 5.70. The van der Waals surface area contributed by atoms with Gasteiger partial charge in [-0.2, -0.15) is 0 Å². The van der Waals surface area contributed by atoms with Crippen molar-refractivity contribution >= 4 is 0 Å². The Kier molecular flexibility index (Phi) is 9.53. The lowest BCUT2D eigenvalue weighted by molar-refractivity contribution is -0.351. The Balaban J connectivity index is 1.05. The fraction of sp³-hybridized carbons (Fsp3) is 0.816. The van der Waals surface area contributed by atoms with E-state index < -0.39 is 54.8 Å². The number of allylic oxidation sites excluding steroid dienone is 1. The van der Waals surface area contributed by atoms with E-state index in [0.717, 1.165) is 56.9 Å². The molecule has 17 atom stereocenters. The van der Waals surface area contributed by atoms with Gasteiger partial charge in [-0.25, -0.2) is 4.79 Å². The van der Waals surface area contributed by atoms with Crippen LogP contribution < -0.4 is 5.63 Å². The second-order valence-corrected chi connectivity index (χ2v) is 16.5. The van der Waals surface area contributed by atoms with E-state index in [9.17, 15) is 30.3 Å². The van der Waals surface area contributed by atoms with Gasteiger partial charge in [0.15, 0.2) is 12.6 Å². The van der Waals surface area contributed by atoms with Crippen LogP contribution in [0, 0.1) is 28.6 Å². The number of aliphatic hydroxyl groups is 5. The molecular weight excluding hydrogens is 632 g/mol. The molecule has 2 aliphatic heterocycles. The highest BCUT2D eigenvalue weighted by molar-refractivity contribution is 5.31. The predicted octanol–water partition coefficient (Wildman–Crippen LogP) is 3.53. The molecule has 0 amide bonds. The second kappa shape index (κ2) is 13.1. The molecule has 11 nitrogen and oxygen atoms in total. The van der Waals surface area contributed by atoms with Gasteiger partial charge in [0.05, 0.1) is 36.3 Å². The Morgan fingerprint density at radius 2 is 1.61 bits per heavy atom. The number of fused-ring (bicyclic) bond motifs is 5. The highest BCUT2D eigenvalue weighted by Gasteiger charge is 2.66. The van der Waals surface area contributed by atoms with E-state index in [1.165, 1.54) is 11.6 Å². The highest BCUT2D eigenvalue weighted by Crippen LogP contribution is 2.70. The molecule has 6 aliphatic rings. The summed E-state index contributed by atoms with van der Waals surface area (Å²) in [6, 6.07) is 3.36. The van der Waals surface area contributed by atoms with Crippen molar-refractivity contribution in [1.29, 1.82) is 0 Å². The van der Waals surface area contributed by atoms with Crippen LogP contribution in [-0.2, 0) is 18.9 Å². The van der Waals surface area contributed by atoms with Gasteiger partial charge in [0.1, 0.15) is 24.4 Å². The van der Waals surface area contributed by atoms with E-state index in [1.54, 1.807) is 6.26 Å². The number of ether oxygens (including phenoxy) is 4. The average Bonchev–Trinajstić information content (AvgIpc) is 3.36. The molecule has 1 aromatic rings. The van der Waals surface area contributed by atoms with Gasteiger partial charge in [0.2, 0.25) is 0 Å². The lowest BCUT2D eigenvalue weighted by Crippen LogP contribution is -2.62. The summed E-state index contributed by atoms with van der Waals surface area (Å²) in [7, 11) is 0. The van der Waals surface area contributed by atoms with Crippen LogP contribution in [0.25, 0.3) is 0 Å². The Labute approximate surface area is 288 Å². The first kappa shape index (κ1) is 35.7. The maximum atomic E-state index is 12.6. The zero-order chi connectivity index (χ0) is 35.0. The number of hydrogen-bond acceptors (Lipinski definition) is 11. The van der Waals surface area contributed by atoms with Crippen molar-refractivity contribution < 1.29 is 48.9 Å². The molecule has 0 bridgehead atoms. The van der Waals surface area contributed by atoms with Crippen LogP contribution in [0.3, 0.4) is 0 Å². The smallest absolute Gasteiger partial charge is 0.335 e. The third-order valence-electron chi connectivity index (χ3n) is 14.3. The molecule has 17 unspecified atom stereocenters. The van der Waals surface area contributed by atoms with Crippen molar-refractivity contribution in [3.8, 4) is 0 Å². The fourth-order valence-corrected chi connectivity index (χ4v) is 11.0. The Morgan fingerprint density at radius 3 is 2.33 bits per heavy atom. The molecule has 7 rings (SSSR count). The van der Waals surface area contributed by atoms with Gasteiger partial charge >= 0.3 is 5.63 Å². The standard InChI is InChI=1S/C38H56O11/c1-6-27-29(40)30(41)31(42)34(48-27)49-33-19(2)20(3)46-35(32(33)43)47-23-11-14-36(4)22(17-23)8-9-26-25(36)12-15-37(5)24(13-16-38(26,37)44)21-7-10-28(39)45-18-21/h7,10,17-20,23-27,29-35,40-44H,6,8-9,11-16H2,1-5H3. The van der Waals surface area contributed by atoms with Gasteiger partial charge in [-0.15, -0.1) is 0 Å². The highest BCUT2D eigenvalue weighted by atomic mass is 16.7. The summed E-state index contributed by atoms with van der Waals surface area (Å²) in [4.78, 5) is 11.7. The first-order valence-corrected chi connectivity index (χ1v) is 18.6. The quantitative estimate of drug-likeness (QED) is 0.278. The third-order valence-corrected chi connectivity index (χ3v) is 14.3. The van der Waals surface area contributed by atoms with Gasteiger partial charge in [0, 0.05) is 17.4 Å². The van der Waals surface area contributed by atoms with Gasteiger partial charge in [-0.3, -0.25) is 0 Å². The van der Waals surface area contributed by atoms with Crippen molar-refractivity contribution in [2.75, 3.05) is 0 Å². The molecule has 0 spiro atoms. The normalized spacial score (nSPS) is 51.3. The number of rotatable bonds is 6. The molecule has 4 aliphatic carbocycles. The van der Waals surface area contributed by atoms with Crippen LogP contribution in [0.5, 0.6) is 0 Å². The summed E-state index contributed by atoms with van der Waals surface area (Å²) in [5, 5.41) is 55.4. The van der Waals surface area contributed by atoms with Gasteiger partial charge in [0.25, 0.3) is 0 Å². The maximum absolute atomic E-state index is 12.6. The molecule has 49 heavy (non-hydrogen) atoms. The zero-order valence-electron chi connectivity index (χ0n) is 29.4. The van der Waals surface area contributed by atoms with E-state index in [0.29, 0.717) is 12.3 Å². The fourth-order valence-electron chi connectivity index (χ4n) is 11.0. The minimum atomic E-state index is -1.47. The second-order valence-electron chi connectivity index (χ2n) is 16.5. The molecule has 5 N–H and O–H groups in total. The van der Waals surface area contributed by atoms with E-state index in [-0.39, 0.29) is 46.4 Å². The van der Waals surface area contributed by atoms with Crippen molar-refractivity contribution in [3.05, 3.63) is 46.0 Å². The summed E-state index contributed by atoms with van der Waals surface area (Å²) >= 11 is 0. The summed E-state index contributed by atoms with van der Waals surface area (Å²) in [6.45, 7) is 10.2. The average molecular weight is 689 g/mol. The lowest BCUT2D eigenvalue weighted by atomic mass is 9.45. The van der Waals surface area contributed by atoms with Gasteiger partial charge < -0.3 is 48.9 Å². The molecule has 1 aromatic heterocycles. The first-order chi connectivity index (χ1) is 23.2. The van der Waals surface area contributed by atoms with Gasteiger partial charge in [-0.1, -0.05) is 39.3 Å². The predicted molar refractivity (Wildman–Crippen MR) is 177 cm³/mol. The van der Waals surface area contributed by atoms with Crippen molar-refractivity contribution in [2.24, 2.45) is 28.6 Å². The minimum Gasteiger partial charge on any atom is -0.431 e. The van der Waals surface area contributed by atoms with E-state index in [1.807, 2.05) is 26.8 Å². The summed E-state index contributed by atoms with van der Waals surface area (Å²) in [5.41, 5.74) is 0.861. The molecule has 2 saturated heterocycles. The minimum absolute atomic E-state index is 0.0629. The molecule has 3 heterocycles. The lowest BCUT2D eigenvalue weighted by Gasteiger charge is -2.62. The molecule has 274 valence electrons. The van der Waals surface area contributed by atoms with Crippen molar-refractivity contribution in [1.82, 2.24) is 0 Å². The van der Waals surface area contributed by atoms with Gasteiger partial charge in [-0.05, 0) is 99.5 Å². The summed E-state index contributed by atoms with van der Waals surface area (Å²) < 4.78 is 29.9. The monoisotopic (exact) mass is 688 g/mol. The van der Waals surface area contributed by atoms with E-state index in [2.05, 4.69) is 19.9 Å². The van der Waals surface area contributed by atoms with Crippen LogP contribution >= 0.6 is 0 Å². The zero-order valence-corrected chi connectivity index (χ0v) is 29.4. The van der Waals surface area contributed by atoms with Crippen LogP contribution in [0.1, 0.15) is 104 Å². The number of hydrogen-bond donors (Lipinski definition) is 5. The van der Waals surface area contributed by atoms with E-state index >= 15 is 0 Å². The Bertz CT molecular complexity index is 1420. The maximum Gasteiger partial charge on any atom is 0.335 e. The van der Waals surface area contributed by atoms with E-state index in [4.69, 9.17) is 23.4 Å². The molecule has 5 fully saturated rings. The van der Waals surface area contributed by atoms with Crippen LogP contribution in [0.2, 0.25) is 0 Å². The summed E-state index contributed by atoms with van der Waals surface area (Å²) in [6.07, 6.45) is 1.61.